The van der Waals surface area contributed by atoms with Gasteiger partial charge in [-0.1, -0.05) is 24.3 Å². The van der Waals surface area contributed by atoms with Crippen molar-refractivity contribution in [2.45, 2.75) is 44.3 Å². The normalized spacial score (nSPS) is 36.6. The van der Waals surface area contributed by atoms with Crippen molar-refractivity contribution in [1.82, 2.24) is 9.80 Å². The number of rotatable bonds is 1. The molecule has 4 nitrogen and oxygen atoms in total. The van der Waals surface area contributed by atoms with E-state index in [1.807, 2.05) is 12.1 Å². The summed E-state index contributed by atoms with van der Waals surface area (Å²) in [4.78, 5) is 28.8. The van der Waals surface area contributed by atoms with Crippen molar-refractivity contribution >= 4 is 11.9 Å². The topological polar surface area (TPSA) is 40.6 Å². The summed E-state index contributed by atoms with van der Waals surface area (Å²) >= 11 is 0. The molecular formula is C17H18N2O2. The van der Waals surface area contributed by atoms with Crippen molar-refractivity contribution in [2.75, 3.05) is 0 Å². The van der Waals surface area contributed by atoms with Gasteiger partial charge in [-0.05, 0) is 42.2 Å². The Morgan fingerprint density at radius 2 is 1.67 bits per heavy atom. The van der Waals surface area contributed by atoms with Crippen molar-refractivity contribution in [3.63, 3.8) is 0 Å². The molecule has 108 valence electrons. The number of nitrogens with zero attached hydrogens (tertiary/aromatic N) is 2. The predicted octanol–water partition coefficient (Wildman–Crippen LogP) is 2.17. The van der Waals surface area contributed by atoms with Crippen LogP contribution in [0, 0.1) is 11.8 Å². The van der Waals surface area contributed by atoms with E-state index in [-0.39, 0.29) is 24.0 Å². The van der Waals surface area contributed by atoms with Gasteiger partial charge in [-0.15, -0.1) is 0 Å². The van der Waals surface area contributed by atoms with Crippen LogP contribution in [0.4, 0.5) is 4.79 Å². The second-order valence-electron chi connectivity index (χ2n) is 6.99. The molecule has 2 heterocycles. The Labute approximate surface area is 123 Å². The van der Waals surface area contributed by atoms with Gasteiger partial charge in [-0.25, -0.2) is 4.79 Å². The van der Waals surface area contributed by atoms with Gasteiger partial charge in [0.1, 0.15) is 6.04 Å². The SMILES string of the molecule is O=C1C2Cc3ccccc3CN2C(=O)N1C1CC2CC2C1. The quantitative estimate of drug-likeness (QED) is 0.741. The van der Waals surface area contributed by atoms with E-state index in [1.165, 1.54) is 17.5 Å². The number of hydrogen-bond donors (Lipinski definition) is 0. The van der Waals surface area contributed by atoms with Gasteiger partial charge in [0.05, 0.1) is 0 Å². The zero-order valence-electron chi connectivity index (χ0n) is 11.9. The first-order valence-electron chi connectivity index (χ1n) is 7.93. The number of imide groups is 1. The number of amides is 3. The van der Waals surface area contributed by atoms with Crippen LogP contribution < -0.4 is 0 Å². The molecule has 5 rings (SSSR count). The van der Waals surface area contributed by atoms with Crippen LogP contribution in [0.1, 0.15) is 30.4 Å². The lowest BCUT2D eigenvalue weighted by atomic mass is 9.95. The maximum atomic E-state index is 12.7. The lowest BCUT2D eigenvalue weighted by molar-refractivity contribution is -0.130. The van der Waals surface area contributed by atoms with Crippen LogP contribution in [0.15, 0.2) is 24.3 Å². The molecule has 3 amide bonds. The minimum Gasteiger partial charge on any atom is -0.308 e. The van der Waals surface area contributed by atoms with Crippen LogP contribution in [0.25, 0.3) is 0 Å². The first-order chi connectivity index (χ1) is 10.2. The van der Waals surface area contributed by atoms with E-state index in [0.717, 1.165) is 24.7 Å². The molecule has 0 radical (unpaired) electrons. The van der Waals surface area contributed by atoms with Crippen LogP contribution in [-0.4, -0.2) is 33.8 Å². The third kappa shape index (κ3) is 1.56. The Bertz CT molecular complexity index is 603. The van der Waals surface area contributed by atoms with E-state index in [4.69, 9.17) is 0 Å². The third-order valence-electron chi connectivity index (χ3n) is 5.81. The molecule has 3 fully saturated rings. The number of carbonyl (C=O) groups excluding carboxylic acids is 2. The molecule has 0 N–H and O–H groups in total. The zero-order valence-corrected chi connectivity index (χ0v) is 11.9. The minimum atomic E-state index is -0.260. The molecule has 4 aliphatic rings. The maximum absolute atomic E-state index is 12.7. The van der Waals surface area contributed by atoms with Gasteiger partial charge in [0.15, 0.2) is 0 Å². The Morgan fingerprint density at radius 3 is 2.43 bits per heavy atom. The molecule has 2 aliphatic carbocycles. The van der Waals surface area contributed by atoms with E-state index in [0.29, 0.717) is 13.0 Å². The van der Waals surface area contributed by atoms with Gasteiger partial charge >= 0.3 is 6.03 Å². The van der Waals surface area contributed by atoms with Crippen LogP contribution >= 0.6 is 0 Å². The Morgan fingerprint density at radius 1 is 0.952 bits per heavy atom. The lowest BCUT2D eigenvalue weighted by Gasteiger charge is -2.28. The van der Waals surface area contributed by atoms with Gasteiger partial charge in [-0.3, -0.25) is 9.69 Å². The molecule has 3 unspecified atom stereocenters. The minimum absolute atomic E-state index is 0.0424. The predicted molar refractivity (Wildman–Crippen MR) is 76.3 cm³/mol. The van der Waals surface area contributed by atoms with Crippen LogP contribution in [-0.2, 0) is 17.8 Å². The average Bonchev–Trinajstić information content (AvgIpc) is 3.03. The van der Waals surface area contributed by atoms with E-state index >= 15 is 0 Å². The highest BCUT2D eigenvalue weighted by atomic mass is 16.2. The summed E-state index contributed by atoms with van der Waals surface area (Å²) in [5.41, 5.74) is 2.40. The van der Waals surface area contributed by atoms with Gasteiger partial charge in [0, 0.05) is 19.0 Å². The molecule has 2 saturated carbocycles. The van der Waals surface area contributed by atoms with E-state index in [9.17, 15) is 9.59 Å². The fraction of sp³-hybridized carbons (Fsp3) is 0.529. The van der Waals surface area contributed by atoms with Gasteiger partial charge in [0.2, 0.25) is 0 Å². The summed E-state index contributed by atoms with van der Waals surface area (Å²) in [5.74, 6) is 1.61. The van der Waals surface area contributed by atoms with Gasteiger partial charge < -0.3 is 4.90 Å². The highest BCUT2D eigenvalue weighted by Crippen LogP contribution is 2.53. The van der Waals surface area contributed by atoms with E-state index < -0.39 is 0 Å². The Hall–Kier alpha value is -1.84. The molecule has 4 heteroatoms. The fourth-order valence-corrected chi connectivity index (χ4v) is 4.57. The van der Waals surface area contributed by atoms with Crippen LogP contribution in [0.2, 0.25) is 0 Å². The summed E-state index contributed by atoms with van der Waals surface area (Å²) in [6, 6.07) is 8.02. The molecule has 1 aromatic rings. The fourth-order valence-electron chi connectivity index (χ4n) is 4.57. The molecule has 0 spiro atoms. The lowest BCUT2D eigenvalue weighted by Crippen LogP contribution is -2.40. The van der Waals surface area contributed by atoms with Crippen LogP contribution in [0.5, 0.6) is 0 Å². The molecule has 1 aromatic carbocycles. The van der Waals surface area contributed by atoms with E-state index in [2.05, 4.69) is 12.1 Å². The molecule has 3 atom stereocenters. The number of urea groups is 1. The van der Waals surface area contributed by atoms with Crippen molar-refractivity contribution in [3.8, 4) is 0 Å². The summed E-state index contributed by atoms with van der Waals surface area (Å²) in [7, 11) is 0. The van der Waals surface area contributed by atoms with Gasteiger partial charge in [-0.2, -0.15) is 0 Å². The largest absolute Gasteiger partial charge is 0.328 e. The molecule has 0 bridgehead atoms. The standard InChI is InChI=1S/C17H18N2O2/c20-16-15-8-10-3-1-2-4-11(10)9-18(15)17(21)19(16)14-6-12-5-13(12)7-14/h1-4,12-15H,5-9H2. The molecule has 2 aliphatic heterocycles. The van der Waals surface area contributed by atoms with Gasteiger partial charge in [0.25, 0.3) is 5.91 Å². The highest BCUT2D eigenvalue weighted by Gasteiger charge is 2.55. The average molecular weight is 282 g/mol. The molecule has 0 aromatic heterocycles. The highest BCUT2D eigenvalue weighted by molar-refractivity contribution is 6.05. The van der Waals surface area contributed by atoms with Crippen molar-refractivity contribution in [2.24, 2.45) is 11.8 Å². The van der Waals surface area contributed by atoms with Crippen molar-refractivity contribution in [3.05, 3.63) is 35.4 Å². The Balaban J connectivity index is 1.46. The zero-order chi connectivity index (χ0) is 14.1. The number of fused-ring (bicyclic) bond motifs is 3. The number of benzene rings is 1. The molecule has 1 saturated heterocycles. The van der Waals surface area contributed by atoms with Crippen molar-refractivity contribution < 1.29 is 9.59 Å². The van der Waals surface area contributed by atoms with Crippen molar-refractivity contribution in [1.29, 1.82) is 0 Å². The summed E-state index contributed by atoms with van der Waals surface area (Å²) < 4.78 is 0. The first-order valence-corrected chi connectivity index (χ1v) is 7.93. The van der Waals surface area contributed by atoms with E-state index in [1.54, 1.807) is 9.80 Å². The van der Waals surface area contributed by atoms with Crippen LogP contribution in [0.3, 0.4) is 0 Å². The third-order valence-corrected chi connectivity index (χ3v) is 5.81. The second-order valence-corrected chi connectivity index (χ2v) is 6.99. The molecular weight excluding hydrogens is 264 g/mol. The summed E-state index contributed by atoms with van der Waals surface area (Å²) in [6.07, 6.45) is 4.06. The maximum Gasteiger partial charge on any atom is 0.328 e. The summed E-state index contributed by atoms with van der Waals surface area (Å²) in [5, 5.41) is 0. The summed E-state index contributed by atoms with van der Waals surface area (Å²) in [6.45, 7) is 0.585. The number of hydrogen-bond acceptors (Lipinski definition) is 2. The first kappa shape index (κ1) is 11.8. The monoisotopic (exact) mass is 282 g/mol. The number of carbonyl (C=O) groups is 2. The molecule has 21 heavy (non-hydrogen) atoms. The second kappa shape index (κ2) is 3.87. The smallest absolute Gasteiger partial charge is 0.308 e. The Kier molecular flexibility index (Phi) is 2.17.